The second-order valence-electron chi connectivity index (χ2n) is 6.42. The summed E-state index contributed by atoms with van der Waals surface area (Å²) in [5.41, 5.74) is 0.941. The number of hydrogen-bond acceptors (Lipinski definition) is 3. The molecule has 4 nitrogen and oxygen atoms in total. The highest BCUT2D eigenvalue weighted by molar-refractivity contribution is 7.91. The molecule has 1 aliphatic rings. The van der Waals surface area contributed by atoms with Crippen molar-refractivity contribution in [1.82, 2.24) is 9.88 Å². The van der Waals surface area contributed by atoms with Crippen molar-refractivity contribution in [3.8, 4) is 0 Å². The van der Waals surface area contributed by atoms with Crippen LogP contribution in [0.2, 0.25) is 5.02 Å². The van der Waals surface area contributed by atoms with Crippen molar-refractivity contribution in [2.45, 2.75) is 35.2 Å². The molecule has 1 aromatic heterocycles. The van der Waals surface area contributed by atoms with Gasteiger partial charge in [-0.15, -0.1) is 0 Å². The van der Waals surface area contributed by atoms with Crippen LogP contribution in [-0.4, -0.2) is 25.6 Å². The molecule has 1 aliphatic heterocycles. The van der Waals surface area contributed by atoms with Gasteiger partial charge in [0.25, 0.3) is 0 Å². The van der Waals surface area contributed by atoms with Crippen molar-refractivity contribution in [2.75, 3.05) is 6.54 Å². The SMILES string of the molecule is O=S(=O)(c1cccc(Cl)c1)c1cn(CC2CCCN2)c2ccccc12. The Morgan fingerprint density at radius 2 is 2.00 bits per heavy atom. The first-order valence-electron chi connectivity index (χ1n) is 8.37. The van der Waals surface area contributed by atoms with Crippen LogP contribution in [0.4, 0.5) is 0 Å². The van der Waals surface area contributed by atoms with E-state index in [2.05, 4.69) is 9.88 Å². The molecule has 0 saturated carbocycles. The highest BCUT2D eigenvalue weighted by Crippen LogP contribution is 2.31. The number of halogens is 1. The second-order valence-corrected chi connectivity index (χ2v) is 8.77. The smallest absolute Gasteiger partial charge is 0.208 e. The van der Waals surface area contributed by atoms with E-state index in [0.29, 0.717) is 16.0 Å². The first-order chi connectivity index (χ1) is 12.1. The number of nitrogens with one attached hydrogen (secondary N) is 1. The van der Waals surface area contributed by atoms with Crippen LogP contribution in [0, 0.1) is 0 Å². The normalized spacial score (nSPS) is 18.0. The zero-order chi connectivity index (χ0) is 17.4. The lowest BCUT2D eigenvalue weighted by molar-refractivity contribution is 0.517. The minimum absolute atomic E-state index is 0.224. The molecule has 1 unspecified atom stereocenters. The van der Waals surface area contributed by atoms with Gasteiger partial charge in [-0.1, -0.05) is 35.9 Å². The summed E-state index contributed by atoms with van der Waals surface area (Å²) in [5.74, 6) is 0. The third kappa shape index (κ3) is 3.08. The van der Waals surface area contributed by atoms with Gasteiger partial charge >= 0.3 is 0 Å². The lowest BCUT2D eigenvalue weighted by Gasteiger charge is -2.12. The number of rotatable bonds is 4. The predicted molar refractivity (Wildman–Crippen MR) is 99.9 cm³/mol. The van der Waals surface area contributed by atoms with Gasteiger partial charge in [0.1, 0.15) is 0 Å². The second kappa shape index (κ2) is 6.48. The Kier molecular flexibility index (Phi) is 4.31. The minimum Gasteiger partial charge on any atom is -0.345 e. The monoisotopic (exact) mass is 374 g/mol. The number of para-hydroxylation sites is 1. The molecule has 3 aromatic rings. The number of benzene rings is 2. The molecule has 1 fully saturated rings. The van der Waals surface area contributed by atoms with E-state index in [9.17, 15) is 8.42 Å². The summed E-state index contributed by atoms with van der Waals surface area (Å²) in [6, 6.07) is 14.5. The van der Waals surface area contributed by atoms with Gasteiger partial charge in [-0.3, -0.25) is 0 Å². The molecule has 6 heteroatoms. The summed E-state index contributed by atoms with van der Waals surface area (Å²) in [4.78, 5) is 0.560. The summed E-state index contributed by atoms with van der Waals surface area (Å²) in [6.07, 6.45) is 4.04. The van der Waals surface area contributed by atoms with Crippen LogP contribution in [0.3, 0.4) is 0 Å². The van der Waals surface area contributed by atoms with Gasteiger partial charge in [0.05, 0.1) is 9.79 Å². The molecule has 0 spiro atoms. The molecule has 2 aromatic carbocycles. The van der Waals surface area contributed by atoms with Crippen molar-refractivity contribution in [1.29, 1.82) is 0 Å². The molecule has 0 aliphatic carbocycles. The van der Waals surface area contributed by atoms with E-state index in [1.165, 1.54) is 6.07 Å². The first kappa shape index (κ1) is 16.6. The molecular weight excluding hydrogens is 356 g/mol. The number of nitrogens with zero attached hydrogens (tertiary/aromatic N) is 1. The Labute approximate surface area is 152 Å². The average molecular weight is 375 g/mol. The maximum atomic E-state index is 13.2. The maximum absolute atomic E-state index is 13.2. The highest BCUT2D eigenvalue weighted by atomic mass is 35.5. The van der Waals surface area contributed by atoms with Crippen LogP contribution in [0.1, 0.15) is 12.8 Å². The predicted octanol–water partition coefficient (Wildman–Crippen LogP) is 3.88. The summed E-state index contributed by atoms with van der Waals surface area (Å²) in [5, 5.41) is 4.64. The van der Waals surface area contributed by atoms with Crippen LogP contribution in [0.5, 0.6) is 0 Å². The van der Waals surface area contributed by atoms with E-state index in [4.69, 9.17) is 11.6 Å². The number of hydrogen-bond donors (Lipinski definition) is 1. The first-order valence-corrected chi connectivity index (χ1v) is 10.2. The molecule has 4 rings (SSSR count). The van der Waals surface area contributed by atoms with Crippen LogP contribution >= 0.6 is 11.6 Å². The largest absolute Gasteiger partial charge is 0.345 e. The van der Waals surface area contributed by atoms with Gasteiger partial charge < -0.3 is 9.88 Å². The minimum atomic E-state index is -3.63. The van der Waals surface area contributed by atoms with Crippen molar-refractivity contribution in [3.63, 3.8) is 0 Å². The number of aromatic nitrogens is 1. The molecule has 1 atom stereocenters. The Hall–Kier alpha value is -1.82. The molecule has 0 radical (unpaired) electrons. The highest BCUT2D eigenvalue weighted by Gasteiger charge is 2.24. The number of sulfone groups is 1. The lowest BCUT2D eigenvalue weighted by atomic mass is 10.2. The molecule has 25 heavy (non-hydrogen) atoms. The average Bonchev–Trinajstić information content (AvgIpc) is 3.24. The molecule has 1 N–H and O–H groups in total. The summed E-state index contributed by atoms with van der Waals surface area (Å²) in [6.45, 7) is 1.79. The fraction of sp³-hybridized carbons (Fsp3) is 0.263. The molecule has 1 saturated heterocycles. The van der Waals surface area contributed by atoms with E-state index in [1.54, 1.807) is 24.4 Å². The van der Waals surface area contributed by atoms with Gasteiger partial charge in [0.15, 0.2) is 0 Å². The van der Waals surface area contributed by atoms with Crippen LogP contribution in [-0.2, 0) is 16.4 Å². The summed E-state index contributed by atoms with van der Waals surface area (Å²) >= 11 is 6.00. The quantitative estimate of drug-likeness (QED) is 0.754. The van der Waals surface area contributed by atoms with Crippen molar-refractivity contribution in [3.05, 3.63) is 59.8 Å². The fourth-order valence-corrected chi connectivity index (χ4v) is 5.27. The lowest BCUT2D eigenvalue weighted by Crippen LogP contribution is -2.26. The fourth-order valence-electron chi connectivity index (χ4n) is 3.49. The number of fused-ring (bicyclic) bond motifs is 1. The van der Waals surface area contributed by atoms with Gasteiger partial charge in [-0.25, -0.2) is 8.42 Å². The Bertz CT molecular complexity index is 1020. The molecule has 0 bridgehead atoms. The molecule has 0 amide bonds. The van der Waals surface area contributed by atoms with Crippen molar-refractivity contribution >= 4 is 32.3 Å². The van der Waals surface area contributed by atoms with E-state index in [-0.39, 0.29) is 4.90 Å². The van der Waals surface area contributed by atoms with Gasteiger partial charge in [-0.05, 0) is 43.7 Å². The molecule has 130 valence electrons. The van der Waals surface area contributed by atoms with E-state index in [1.807, 2.05) is 24.3 Å². The van der Waals surface area contributed by atoms with E-state index in [0.717, 1.165) is 36.8 Å². The van der Waals surface area contributed by atoms with Gasteiger partial charge in [0, 0.05) is 34.7 Å². The van der Waals surface area contributed by atoms with Crippen LogP contribution in [0.15, 0.2) is 64.5 Å². The third-order valence-corrected chi connectivity index (χ3v) is 6.74. The Morgan fingerprint density at radius 3 is 2.76 bits per heavy atom. The summed E-state index contributed by atoms with van der Waals surface area (Å²) in [7, 11) is -3.63. The Balaban J connectivity index is 1.84. The zero-order valence-electron chi connectivity index (χ0n) is 13.7. The zero-order valence-corrected chi connectivity index (χ0v) is 15.2. The maximum Gasteiger partial charge on any atom is 0.208 e. The van der Waals surface area contributed by atoms with Gasteiger partial charge in [-0.2, -0.15) is 0 Å². The standard InChI is InChI=1S/C19H19ClN2O2S/c20-14-5-3-7-16(11-14)25(23,24)19-13-22(12-15-6-4-10-21-15)18-9-2-1-8-17(18)19/h1-3,5,7-9,11,13,15,21H,4,6,10,12H2. The third-order valence-electron chi connectivity index (χ3n) is 4.73. The molecular formula is C19H19ClN2O2S. The van der Waals surface area contributed by atoms with E-state index < -0.39 is 9.84 Å². The summed E-state index contributed by atoms with van der Waals surface area (Å²) < 4.78 is 28.4. The van der Waals surface area contributed by atoms with Gasteiger partial charge in [0.2, 0.25) is 9.84 Å². The Morgan fingerprint density at radius 1 is 1.16 bits per heavy atom. The van der Waals surface area contributed by atoms with Crippen molar-refractivity contribution in [2.24, 2.45) is 0 Å². The van der Waals surface area contributed by atoms with Crippen LogP contribution < -0.4 is 5.32 Å². The van der Waals surface area contributed by atoms with Crippen molar-refractivity contribution < 1.29 is 8.42 Å². The molecule has 2 heterocycles. The topological polar surface area (TPSA) is 51.1 Å². The van der Waals surface area contributed by atoms with E-state index >= 15 is 0 Å². The van der Waals surface area contributed by atoms with Crippen LogP contribution in [0.25, 0.3) is 10.9 Å².